The fourth-order valence-corrected chi connectivity index (χ4v) is 5.79. The van der Waals surface area contributed by atoms with Gasteiger partial charge in [0.25, 0.3) is 0 Å². The summed E-state index contributed by atoms with van der Waals surface area (Å²) in [6.45, 7) is 22.9. The van der Waals surface area contributed by atoms with Crippen LogP contribution < -0.4 is 0 Å². The third-order valence-electron chi connectivity index (χ3n) is 7.65. The van der Waals surface area contributed by atoms with Gasteiger partial charge in [0.1, 0.15) is 25.4 Å². The van der Waals surface area contributed by atoms with Gasteiger partial charge in [-0.05, 0) is 73.3 Å². The Bertz CT molecular complexity index is 906. The van der Waals surface area contributed by atoms with Gasteiger partial charge in [-0.2, -0.15) is 0 Å². The van der Waals surface area contributed by atoms with Crippen LogP contribution in [0.1, 0.15) is 61.3 Å². The van der Waals surface area contributed by atoms with Gasteiger partial charge in [0.15, 0.2) is 0 Å². The number of epoxide rings is 2. The largest absolute Gasteiger partial charge is 0.495 e. The lowest BCUT2D eigenvalue weighted by Crippen LogP contribution is -2.25. The second-order valence-corrected chi connectivity index (χ2v) is 11.3. The molecule has 4 rings (SSSR count). The van der Waals surface area contributed by atoms with E-state index in [1.54, 1.807) is 0 Å². The molecule has 0 aromatic heterocycles. The Morgan fingerprint density at radius 1 is 0.875 bits per heavy atom. The maximum atomic E-state index is 6.06. The van der Waals surface area contributed by atoms with E-state index >= 15 is 0 Å². The monoisotopic (exact) mass is 440 g/mol. The number of hydrogen-bond donors (Lipinski definition) is 0. The molecule has 0 bridgehead atoms. The maximum Gasteiger partial charge on any atom is 0.116 e. The van der Waals surface area contributed by atoms with Crippen LogP contribution in [-0.2, 0) is 18.9 Å². The summed E-state index contributed by atoms with van der Waals surface area (Å²) in [5.74, 6) is 1.90. The minimum absolute atomic E-state index is 0.0316. The van der Waals surface area contributed by atoms with Gasteiger partial charge in [0.2, 0.25) is 0 Å². The first-order chi connectivity index (χ1) is 15.0. The van der Waals surface area contributed by atoms with Gasteiger partial charge in [0, 0.05) is 5.41 Å². The highest BCUT2D eigenvalue weighted by Gasteiger charge is 2.56. The summed E-state index contributed by atoms with van der Waals surface area (Å²) in [6.07, 6.45) is 9.25. The van der Waals surface area contributed by atoms with E-state index in [0.717, 1.165) is 37.6 Å². The molecule has 176 valence electrons. The molecule has 0 saturated carbocycles. The van der Waals surface area contributed by atoms with Crippen molar-refractivity contribution in [2.45, 2.75) is 73.5 Å². The Balaban J connectivity index is 1.75. The summed E-state index contributed by atoms with van der Waals surface area (Å²) in [6, 6.07) is 0. The smallest absolute Gasteiger partial charge is 0.116 e. The Morgan fingerprint density at radius 2 is 1.34 bits per heavy atom. The van der Waals surface area contributed by atoms with Crippen molar-refractivity contribution in [3.63, 3.8) is 0 Å². The fourth-order valence-electron chi connectivity index (χ4n) is 5.79. The van der Waals surface area contributed by atoms with Crippen LogP contribution in [0.25, 0.3) is 0 Å². The molecule has 2 fully saturated rings. The van der Waals surface area contributed by atoms with Crippen molar-refractivity contribution in [2.75, 3.05) is 26.4 Å². The van der Waals surface area contributed by atoms with E-state index < -0.39 is 0 Å². The van der Waals surface area contributed by atoms with Gasteiger partial charge in [-0.25, -0.2) is 0 Å². The summed E-state index contributed by atoms with van der Waals surface area (Å²) in [4.78, 5) is 0. The first-order valence-electron chi connectivity index (χ1n) is 11.9. The molecule has 0 radical (unpaired) electrons. The Labute approximate surface area is 194 Å². The van der Waals surface area contributed by atoms with Crippen molar-refractivity contribution in [3.05, 3.63) is 58.6 Å². The lowest BCUT2D eigenvalue weighted by Gasteiger charge is -2.34. The van der Waals surface area contributed by atoms with Crippen LogP contribution in [0.4, 0.5) is 0 Å². The van der Waals surface area contributed by atoms with E-state index in [9.17, 15) is 0 Å². The summed E-state index contributed by atoms with van der Waals surface area (Å²) < 4.78 is 22.8. The zero-order valence-corrected chi connectivity index (χ0v) is 21.0. The van der Waals surface area contributed by atoms with Crippen LogP contribution in [0.5, 0.6) is 0 Å². The molecule has 0 aromatic carbocycles. The molecule has 4 heteroatoms. The topological polar surface area (TPSA) is 43.5 Å². The summed E-state index contributed by atoms with van der Waals surface area (Å²) in [5, 5.41) is 0. The molecule has 3 unspecified atom stereocenters. The van der Waals surface area contributed by atoms with Crippen LogP contribution in [0, 0.1) is 16.2 Å². The van der Waals surface area contributed by atoms with Crippen molar-refractivity contribution >= 4 is 0 Å². The van der Waals surface area contributed by atoms with Crippen molar-refractivity contribution in [1.29, 1.82) is 0 Å². The van der Waals surface area contributed by atoms with Gasteiger partial charge in [-0.15, -0.1) is 0 Å². The van der Waals surface area contributed by atoms with E-state index in [1.807, 2.05) is 0 Å². The normalized spacial score (nSPS) is 33.2. The maximum absolute atomic E-state index is 6.06. The lowest BCUT2D eigenvalue weighted by molar-refractivity contribution is 0.182. The van der Waals surface area contributed by atoms with Crippen molar-refractivity contribution in [2.24, 2.45) is 16.2 Å². The first-order valence-corrected chi connectivity index (χ1v) is 11.9. The van der Waals surface area contributed by atoms with Crippen molar-refractivity contribution < 1.29 is 18.9 Å². The van der Waals surface area contributed by atoms with Crippen molar-refractivity contribution in [3.8, 4) is 0 Å². The number of hydrogen-bond acceptors (Lipinski definition) is 4. The number of rotatable bonds is 9. The van der Waals surface area contributed by atoms with Gasteiger partial charge in [-0.1, -0.05) is 45.9 Å². The highest BCUT2D eigenvalue weighted by atomic mass is 16.6. The second-order valence-electron chi connectivity index (χ2n) is 11.3. The predicted molar refractivity (Wildman–Crippen MR) is 128 cm³/mol. The standard InChI is InChI=1S/C28H40O4/c1-9-23-25(11-19(3)30-13-22-15-32-22)28(17-27(23,7)8)16-26(5,6)20(4)24(28)10-18(2)29-12-21-14-31-21/h9-11,21-22H,1,12-17H2,2-8H3/b18-10+,19-11+. The summed E-state index contributed by atoms with van der Waals surface area (Å²) in [5.41, 5.74) is 5.57. The number of ether oxygens (including phenoxy) is 4. The Hall–Kier alpha value is -1.78. The molecule has 32 heavy (non-hydrogen) atoms. The van der Waals surface area contributed by atoms with Gasteiger partial charge < -0.3 is 18.9 Å². The van der Waals surface area contributed by atoms with E-state index in [2.05, 4.69) is 73.3 Å². The van der Waals surface area contributed by atoms with Gasteiger partial charge in [-0.3, -0.25) is 0 Å². The van der Waals surface area contributed by atoms with Gasteiger partial charge in [0.05, 0.1) is 24.7 Å². The Kier molecular flexibility index (Phi) is 6.00. The highest BCUT2D eigenvalue weighted by molar-refractivity contribution is 5.58. The van der Waals surface area contributed by atoms with Crippen LogP contribution >= 0.6 is 0 Å². The lowest BCUT2D eigenvalue weighted by atomic mass is 9.69. The summed E-state index contributed by atoms with van der Waals surface area (Å²) in [7, 11) is 0. The molecular weight excluding hydrogens is 400 g/mol. The summed E-state index contributed by atoms with van der Waals surface area (Å²) >= 11 is 0. The van der Waals surface area contributed by atoms with E-state index in [4.69, 9.17) is 18.9 Å². The molecule has 2 heterocycles. The third kappa shape index (κ3) is 4.49. The van der Waals surface area contributed by atoms with E-state index in [0.29, 0.717) is 13.2 Å². The highest BCUT2D eigenvalue weighted by Crippen LogP contribution is 2.67. The quantitative estimate of drug-likeness (QED) is 0.313. The Morgan fingerprint density at radius 3 is 1.81 bits per heavy atom. The molecule has 2 aliphatic heterocycles. The first kappa shape index (κ1) is 23.4. The molecule has 4 aliphatic rings. The molecule has 2 aliphatic carbocycles. The zero-order valence-electron chi connectivity index (χ0n) is 21.0. The molecule has 0 amide bonds. The minimum Gasteiger partial charge on any atom is -0.495 e. The molecule has 0 N–H and O–H groups in total. The van der Waals surface area contributed by atoms with E-state index in [1.165, 1.54) is 22.3 Å². The average molecular weight is 441 g/mol. The minimum atomic E-state index is -0.0813. The zero-order chi connectivity index (χ0) is 23.3. The second kappa shape index (κ2) is 8.22. The van der Waals surface area contributed by atoms with E-state index in [-0.39, 0.29) is 28.5 Å². The predicted octanol–water partition coefficient (Wildman–Crippen LogP) is 6.27. The molecule has 0 aromatic rings. The number of allylic oxidation sites excluding steroid dienone is 9. The van der Waals surface area contributed by atoms with Crippen LogP contribution in [0.15, 0.2) is 58.6 Å². The van der Waals surface area contributed by atoms with Crippen LogP contribution in [0.2, 0.25) is 0 Å². The molecule has 2 saturated heterocycles. The van der Waals surface area contributed by atoms with Crippen molar-refractivity contribution in [1.82, 2.24) is 0 Å². The van der Waals surface area contributed by atoms with Gasteiger partial charge >= 0.3 is 0 Å². The SMILES string of the molecule is C=CC1=C(/C=C(\C)OCC2CO2)C2(CC(C)(C)C(C)=C2/C=C(\C)OCC2CO2)CC1(C)C. The average Bonchev–Trinajstić information content (AvgIpc) is 3.60. The fraction of sp³-hybridized carbons (Fsp3) is 0.643. The van der Waals surface area contributed by atoms with Crippen LogP contribution in [0.3, 0.4) is 0 Å². The third-order valence-corrected chi connectivity index (χ3v) is 7.65. The molecular formula is C28H40O4. The molecule has 3 atom stereocenters. The van der Waals surface area contributed by atoms with Crippen LogP contribution in [-0.4, -0.2) is 38.6 Å². The molecule has 4 nitrogen and oxygen atoms in total. The molecule has 1 spiro atoms.